The zero-order valence-electron chi connectivity index (χ0n) is 52.1. The zero-order chi connectivity index (χ0) is 57.9. The monoisotopic (exact) mass is 1120 g/mol. The molecule has 0 aliphatic rings. The summed E-state index contributed by atoms with van der Waals surface area (Å²) < 4.78 is 30.3. The molecule has 0 spiro atoms. The molecule has 1 amide bonds. The maximum Gasteiger partial charge on any atom is 0.306 e. The van der Waals surface area contributed by atoms with Crippen molar-refractivity contribution in [3.05, 3.63) is 97.2 Å². The Hall–Kier alpha value is -3.07. The summed E-state index contributed by atoms with van der Waals surface area (Å²) in [5.74, 6) is -0.591. The van der Waals surface area contributed by atoms with Crippen molar-refractivity contribution >= 4 is 19.7 Å². The second kappa shape index (κ2) is 58.1. The van der Waals surface area contributed by atoms with Gasteiger partial charge in [-0.2, -0.15) is 0 Å². The van der Waals surface area contributed by atoms with Crippen LogP contribution in [0.2, 0.25) is 0 Å². The van der Waals surface area contributed by atoms with Crippen molar-refractivity contribution in [2.45, 2.75) is 290 Å². The Labute approximate surface area is 488 Å². The number of likely N-dealkylation sites (N-methyl/N-ethyl adjacent to an activating group) is 1. The van der Waals surface area contributed by atoms with Gasteiger partial charge in [0.1, 0.15) is 19.3 Å². The molecule has 10 heteroatoms. The molecule has 0 fully saturated rings. The van der Waals surface area contributed by atoms with Crippen molar-refractivity contribution in [1.82, 2.24) is 5.32 Å². The number of quaternary nitrogens is 1. The molecule has 0 heterocycles. The van der Waals surface area contributed by atoms with Gasteiger partial charge in [-0.05, 0) is 76.7 Å². The van der Waals surface area contributed by atoms with Gasteiger partial charge in [0, 0.05) is 12.8 Å². The minimum Gasteiger partial charge on any atom is -0.756 e. The highest BCUT2D eigenvalue weighted by Crippen LogP contribution is 2.38. The van der Waals surface area contributed by atoms with Gasteiger partial charge in [0.25, 0.3) is 7.82 Å². The lowest BCUT2D eigenvalue weighted by Crippen LogP contribution is -2.47. The summed E-state index contributed by atoms with van der Waals surface area (Å²) in [6, 6.07) is -0.911. The third kappa shape index (κ3) is 59.4. The smallest absolute Gasteiger partial charge is 0.306 e. The van der Waals surface area contributed by atoms with Crippen molar-refractivity contribution in [2.75, 3.05) is 40.9 Å². The normalized spacial score (nSPS) is 14.3. The van der Waals surface area contributed by atoms with Crippen LogP contribution in [-0.2, 0) is 27.9 Å². The van der Waals surface area contributed by atoms with E-state index in [9.17, 15) is 19.0 Å². The second-order valence-corrected chi connectivity index (χ2v) is 24.4. The van der Waals surface area contributed by atoms with E-state index in [1.165, 1.54) is 173 Å². The number of phosphoric ester groups is 1. The number of hydrogen-bond donors (Lipinski definition) is 1. The summed E-state index contributed by atoms with van der Waals surface area (Å²) >= 11 is 0. The number of rotatable bonds is 58. The molecule has 0 bridgehead atoms. The predicted octanol–water partition coefficient (Wildman–Crippen LogP) is 19.7. The van der Waals surface area contributed by atoms with E-state index in [0.29, 0.717) is 23.9 Å². The first-order valence-electron chi connectivity index (χ1n) is 32.6. The fourth-order valence-corrected chi connectivity index (χ4v) is 9.86. The minimum atomic E-state index is -4.71. The Bertz CT molecular complexity index is 1670. The van der Waals surface area contributed by atoms with Crippen LogP contribution in [0.4, 0.5) is 0 Å². The topological polar surface area (TPSA) is 114 Å². The van der Waals surface area contributed by atoms with Crippen LogP contribution in [0.5, 0.6) is 0 Å². The number of carbonyl (C=O) groups excluding carboxylic acids is 2. The van der Waals surface area contributed by atoms with Crippen LogP contribution in [0.1, 0.15) is 278 Å². The number of allylic oxidation sites excluding steroid dienone is 15. The van der Waals surface area contributed by atoms with E-state index >= 15 is 0 Å². The molecule has 0 saturated carbocycles. The van der Waals surface area contributed by atoms with Crippen molar-refractivity contribution in [2.24, 2.45) is 0 Å². The number of amides is 1. The molecular weight excluding hydrogens is 1000 g/mol. The molecule has 79 heavy (non-hydrogen) atoms. The lowest BCUT2D eigenvalue weighted by molar-refractivity contribution is -0.870. The van der Waals surface area contributed by atoms with Crippen molar-refractivity contribution in [3.63, 3.8) is 0 Å². The third-order valence-electron chi connectivity index (χ3n) is 14.2. The molecule has 0 aromatic rings. The number of phosphoric acid groups is 1. The lowest BCUT2D eigenvalue weighted by Gasteiger charge is -2.30. The fraction of sp³-hybridized carbons (Fsp3) is 0.739. The Balaban J connectivity index is 5.14. The highest BCUT2D eigenvalue weighted by atomic mass is 31.2. The Morgan fingerprint density at radius 2 is 0.823 bits per heavy atom. The average molecular weight is 1120 g/mol. The first kappa shape index (κ1) is 75.9. The number of carbonyl (C=O) groups is 2. The maximum atomic E-state index is 13.6. The molecule has 0 aliphatic heterocycles. The second-order valence-electron chi connectivity index (χ2n) is 23.0. The van der Waals surface area contributed by atoms with E-state index in [4.69, 9.17) is 13.8 Å². The minimum absolute atomic E-state index is 0.0336. The highest BCUT2D eigenvalue weighted by Gasteiger charge is 2.27. The number of esters is 1. The van der Waals surface area contributed by atoms with Gasteiger partial charge in [-0.25, -0.2) is 0 Å². The summed E-state index contributed by atoms with van der Waals surface area (Å²) in [5.41, 5.74) is 0. The van der Waals surface area contributed by atoms with E-state index in [1.807, 2.05) is 94.1 Å². The lowest BCUT2D eigenvalue weighted by atomic mass is 10.0. The molecule has 0 saturated heterocycles. The SMILES string of the molecule is CC\C=C/C=C/C=C/C=C\C=C\C=C\CCCCCC(=O)OC(/C=C\CCCCCCCCCCC)C(COP(=O)([O-])OCC[N+](C)(C)C)NC(=O)CCCCCCCCCCCCCCCCC/C=C/CCCCCCCC. The molecular formula is C69H123N2O7P. The summed E-state index contributed by atoms with van der Waals surface area (Å²) in [6.45, 7) is 6.67. The van der Waals surface area contributed by atoms with Crippen LogP contribution in [0, 0.1) is 0 Å². The van der Waals surface area contributed by atoms with Crippen molar-refractivity contribution in [1.29, 1.82) is 0 Å². The third-order valence-corrected chi connectivity index (χ3v) is 15.1. The van der Waals surface area contributed by atoms with E-state index < -0.39 is 26.6 Å². The van der Waals surface area contributed by atoms with Gasteiger partial charge >= 0.3 is 5.97 Å². The Kier molecular flexibility index (Phi) is 55.9. The van der Waals surface area contributed by atoms with Gasteiger partial charge in [0.2, 0.25) is 5.91 Å². The molecule has 9 nitrogen and oxygen atoms in total. The molecule has 0 radical (unpaired) electrons. The maximum absolute atomic E-state index is 13.6. The average Bonchev–Trinajstić information content (AvgIpc) is 3.41. The van der Waals surface area contributed by atoms with E-state index in [2.05, 4.69) is 50.4 Å². The van der Waals surface area contributed by atoms with Crippen LogP contribution in [-0.4, -0.2) is 69.4 Å². The Morgan fingerprint density at radius 3 is 1.27 bits per heavy atom. The highest BCUT2D eigenvalue weighted by molar-refractivity contribution is 7.45. The fourth-order valence-electron chi connectivity index (χ4n) is 9.14. The van der Waals surface area contributed by atoms with Gasteiger partial charge < -0.3 is 28.5 Å². The first-order valence-corrected chi connectivity index (χ1v) is 34.1. The molecule has 3 unspecified atom stereocenters. The van der Waals surface area contributed by atoms with E-state index in [0.717, 1.165) is 64.2 Å². The largest absolute Gasteiger partial charge is 0.756 e. The quantitative estimate of drug-likeness (QED) is 0.0161. The van der Waals surface area contributed by atoms with Crippen LogP contribution < -0.4 is 10.2 Å². The summed E-state index contributed by atoms with van der Waals surface area (Å²) in [6.07, 6.45) is 78.2. The molecule has 0 rings (SSSR count). The van der Waals surface area contributed by atoms with Crippen LogP contribution in [0.3, 0.4) is 0 Å². The van der Waals surface area contributed by atoms with Crippen LogP contribution in [0.25, 0.3) is 0 Å². The number of nitrogens with zero attached hydrogens (tertiary/aromatic N) is 1. The van der Waals surface area contributed by atoms with Gasteiger partial charge in [-0.3, -0.25) is 14.2 Å². The summed E-state index contributed by atoms with van der Waals surface area (Å²) in [4.78, 5) is 40.0. The number of unbranched alkanes of at least 4 members (excludes halogenated alkanes) is 33. The molecule has 3 atom stereocenters. The van der Waals surface area contributed by atoms with E-state index in [1.54, 1.807) is 0 Å². The van der Waals surface area contributed by atoms with Crippen molar-refractivity contribution < 1.29 is 37.3 Å². The predicted molar refractivity (Wildman–Crippen MR) is 339 cm³/mol. The first-order chi connectivity index (χ1) is 38.4. The number of hydrogen-bond acceptors (Lipinski definition) is 7. The van der Waals surface area contributed by atoms with Gasteiger partial charge in [0.15, 0.2) is 0 Å². The Morgan fingerprint density at radius 1 is 0.456 bits per heavy atom. The summed E-state index contributed by atoms with van der Waals surface area (Å²) in [5, 5.41) is 3.02. The van der Waals surface area contributed by atoms with Crippen LogP contribution in [0.15, 0.2) is 97.2 Å². The number of nitrogens with one attached hydrogen (secondary N) is 1. The van der Waals surface area contributed by atoms with Crippen LogP contribution >= 0.6 is 7.82 Å². The summed E-state index contributed by atoms with van der Waals surface area (Å²) in [7, 11) is 1.15. The molecule has 0 aromatic heterocycles. The van der Waals surface area contributed by atoms with Gasteiger partial charge in [0.05, 0.1) is 33.8 Å². The number of ether oxygens (including phenoxy) is 1. The molecule has 0 aromatic carbocycles. The standard InChI is InChI=1S/C69H123N2O7P/c1-7-10-13-16-19-22-25-27-29-31-32-33-34-35-36-37-38-40-41-43-46-49-52-55-58-61-68(72)70-66(65-77-79(74,75)76-64-63-71(4,5)6)67(60-57-54-51-48-45-24-21-18-15-12-9-3)78-69(73)62-59-56-53-50-47-44-42-39-30-28-26-23-20-17-14-11-8-2/h11,14,17,20,23,26-30,39,42,44,47,57,60,66-67H,7-10,12-13,15-16,18-19,21-22,24-25,31-38,40-41,43,45-46,48-56,58-59,61-65H2,1-6H3,(H-,70,72,74,75)/b14-11-,20-17+,26-23+,29-27+,30-28-,42-39+,47-44+,60-57-. The molecule has 0 aliphatic carbocycles. The van der Waals surface area contributed by atoms with Gasteiger partial charge in [-0.15, -0.1) is 0 Å². The molecule has 456 valence electrons. The molecule has 1 N–H and O–H groups in total. The zero-order valence-corrected chi connectivity index (χ0v) is 52.9. The van der Waals surface area contributed by atoms with E-state index in [-0.39, 0.29) is 24.9 Å². The van der Waals surface area contributed by atoms with Crippen molar-refractivity contribution in [3.8, 4) is 0 Å². The van der Waals surface area contributed by atoms with Gasteiger partial charge in [-0.1, -0.05) is 285 Å².